The lowest BCUT2D eigenvalue weighted by molar-refractivity contribution is 0.124. The van der Waals surface area contributed by atoms with E-state index in [2.05, 4.69) is 36.3 Å². The highest BCUT2D eigenvalue weighted by molar-refractivity contribution is 5.87. The van der Waals surface area contributed by atoms with Crippen LogP contribution in [0.2, 0.25) is 0 Å². The van der Waals surface area contributed by atoms with E-state index in [1.807, 2.05) is 0 Å². The Morgan fingerprint density at radius 3 is 2.31 bits per heavy atom. The van der Waals surface area contributed by atoms with E-state index in [1.54, 1.807) is 18.2 Å². The van der Waals surface area contributed by atoms with Gasteiger partial charge in [0.1, 0.15) is 12.0 Å². The van der Waals surface area contributed by atoms with Crippen molar-refractivity contribution in [2.24, 2.45) is 0 Å². The van der Waals surface area contributed by atoms with Gasteiger partial charge in [0.2, 0.25) is 5.56 Å². The molecule has 0 fully saturated rings. The molecule has 4 N–H and O–H groups in total. The molecule has 152 valence electrons. The number of nitrogens with one attached hydrogen (secondary N) is 2. The number of aromatic hydroxyl groups is 1. The summed E-state index contributed by atoms with van der Waals surface area (Å²) < 4.78 is 0. The Morgan fingerprint density at radius 2 is 1.69 bits per heavy atom. The largest absolute Gasteiger partial charge is 0.506 e. The normalized spacial score (nSPS) is 15.0. The second-order valence-electron chi connectivity index (χ2n) is 7.94. The minimum absolute atomic E-state index is 0.0357. The highest BCUT2D eigenvalue weighted by atomic mass is 16.3. The molecule has 0 bridgehead atoms. The zero-order chi connectivity index (χ0) is 20.5. The fourth-order valence-corrected chi connectivity index (χ4v) is 4.56. The van der Waals surface area contributed by atoms with Crippen molar-refractivity contribution >= 4 is 10.9 Å². The Bertz CT molecular complexity index is 1070. The fourth-order valence-electron chi connectivity index (χ4n) is 4.56. The molecule has 2 aromatic carbocycles. The number of phenols is 1. The van der Waals surface area contributed by atoms with Crippen LogP contribution in [-0.2, 0) is 32.1 Å². The van der Waals surface area contributed by atoms with Gasteiger partial charge in [-0.2, -0.15) is 0 Å². The number of rotatable bonds is 6. The number of H-pyrrole nitrogens is 1. The van der Waals surface area contributed by atoms with Crippen LogP contribution < -0.4 is 10.9 Å². The van der Waals surface area contributed by atoms with Crippen molar-refractivity contribution in [2.45, 2.75) is 58.2 Å². The van der Waals surface area contributed by atoms with Crippen molar-refractivity contribution < 1.29 is 10.2 Å². The number of phenolic OH excluding ortho intramolecular Hbond substituents is 1. The Kier molecular flexibility index (Phi) is 5.43. The predicted molar refractivity (Wildman–Crippen MR) is 115 cm³/mol. The van der Waals surface area contributed by atoms with Crippen molar-refractivity contribution in [3.63, 3.8) is 0 Å². The molecule has 5 nitrogen and oxygen atoms in total. The van der Waals surface area contributed by atoms with Crippen molar-refractivity contribution in [3.05, 3.63) is 74.6 Å². The highest BCUT2D eigenvalue weighted by Crippen LogP contribution is 2.28. The maximum atomic E-state index is 11.6. The number of hydrogen-bond acceptors (Lipinski definition) is 4. The number of fused-ring (bicyclic) bond motifs is 2. The predicted octanol–water partition coefficient (Wildman–Crippen LogP) is 2.98. The number of aromatic amines is 1. The lowest BCUT2D eigenvalue weighted by Crippen LogP contribution is -2.40. The summed E-state index contributed by atoms with van der Waals surface area (Å²) in [7, 11) is 0. The molecule has 0 amide bonds. The first-order valence-electron chi connectivity index (χ1n) is 10.4. The number of aromatic nitrogens is 1. The quantitative estimate of drug-likeness (QED) is 0.486. The molecule has 3 aromatic rings. The summed E-state index contributed by atoms with van der Waals surface area (Å²) in [4.78, 5) is 14.2. The van der Waals surface area contributed by atoms with Gasteiger partial charge in [-0.3, -0.25) is 10.1 Å². The molecule has 29 heavy (non-hydrogen) atoms. The van der Waals surface area contributed by atoms with Crippen LogP contribution in [0.25, 0.3) is 10.9 Å². The number of aliphatic hydroxyl groups is 1. The van der Waals surface area contributed by atoms with Gasteiger partial charge in [-0.25, -0.2) is 0 Å². The van der Waals surface area contributed by atoms with E-state index in [0.29, 0.717) is 11.9 Å². The topological polar surface area (TPSA) is 85.3 Å². The van der Waals surface area contributed by atoms with E-state index in [4.69, 9.17) is 0 Å². The van der Waals surface area contributed by atoms with Gasteiger partial charge >= 0.3 is 0 Å². The molecule has 1 aromatic heterocycles. The summed E-state index contributed by atoms with van der Waals surface area (Å²) in [5.74, 6) is 0.0357. The van der Waals surface area contributed by atoms with Gasteiger partial charge in [-0.15, -0.1) is 0 Å². The van der Waals surface area contributed by atoms with Gasteiger partial charge in [0.05, 0.1) is 5.52 Å². The average Bonchev–Trinajstić information content (AvgIpc) is 3.09. The minimum atomic E-state index is -0.703. The zero-order valence-corrected chi connectivity index (χ0v) is 17.0. The van der Waals surface area contributed by atoms with Crippen LogP contribution in [0.4, 0.5) is 0 Å². The highest BCUT2D eigenvalue weighted by Gasteiger charge is 2.24. The molecular formula is C24H28N2O3. The molecular weight excluding hydrogens is 364 g/mol. The first kappa shape index (κ1) is 19.7. The standard InChI is InChI=1S/C24H28N2O3/c1-3-14-9-17-11-19(12-18(17)10-15(14)4-2)25-23(29)13-16-5-7-21(27)24-20(16)6-8-22(28)26-24/h5-10,19,23,25,27,29H,3-4,11-13H2,1-2H3,(H,26,28). The third-order valence-electron chi connectivity index (χ3n) is 6.02. The van der Waals surface area contributed by atoms with Crippen LogP contribution in [0.5, 0.6) is 5.75 Å². The molecule has 0 spiro atoms. The van der Waals surface area contributed by atoms with Crippen LogP contribution in [-0.4, -0.2) is 27.5 Å². The number of pyridine rings is 1. The molecule has 5 heteroatoms. The zero-order valence-electron chi connectivity index (χ0n) is 17.0. The van der Waals surface area contributed by atoms with Gasteiger partial charge in [0.15, 0.2) is 0 Å². The van der Waals surface area contributed by atoms with Crippen LogP contribution >= 0.6 is 0 Å². The fraction of sp³-hybridized carbons (Fsp3) is 0.375. The second kappa shape index (κ2) is 8.01. The van der Waals surface area contributed by atoms with Gasteiger partial charge in [0.25, 0.3) is 0 Å². The molecule has 1 aliphatic carbocycles. The van der Waals surface area contributed by atoms with Crippen molar-refractivity contribution in [1.82, 2.24) is 10.3 Å². The summed E-state index contributed by atoms with van der Waals surface area (Å²) in [5.41, 5.74) is 6.66. The summed E-state index contributed by atoms with van der Waals surface area (Å²) in [5, 5.41) is 24.8. The molecule has 4 rings (SSSR count). The molecule has 1 unspecified atom stereocenters. The van der Waals surface area contributed by atoms with Crippen molar-refractivity contribution in [1.29, 1.82) is 0 Å². The molecule has 0 saturated heterocycles. The Hall–Kier alpha value is -2.63. The minimum Gasteiger partial charge on any atom is -0.506 e. The average molecular weight is 392 g/mol. The summed E-state index contributed by atoms with van der Waals surface area (Å²) >= 11 is 0. The van der Waals surface area contributed by atoms with Gasteiger partial charge in [-0.05, 0) is 65.6 Å². The van der Waals surface area contributed by atoms with Gasteiger partial charge < -0.3 is 15.2 Å². The smallest absolute Gasteiger partial charge is 0.248 e. The first-order chi connectivity index (χ1) is 14.0. The molecule has 1 heterocycles. The third kappa shape index (κ3) is 3.93. The van der Waals surface area contributed by atoms with E-state index >= 15 is 0 Å². The monoisotopic (exact) mass is 392 g/mol. The van der Waals surface area contributed by atoms with E-state index in [0.717, 1.165) is 36.6 Å². The number of benzene rings is 2. The Labute approximate surface area is 170 Å². The molecule has 0 aliphatic heterocycles. The lowest BCUT2D eigenvalue weighted by atomic mass is 9.97. The van der Waals surface area contributed by atoms with Crippen LogP contribution in [0, 0.1) is 0 Å². The maximum Gasteiger partial charge on any atom is 0.248 e. The van der Waals surface area contributed by atoms with Crippen LogP contribution in [0.1, 0.15) is 41.7 Å². The molecule has 1 aliphatic rings. The summed E-state index contributed by atoms with van der Waals surface area (Å²) in [6, 6.07) is 11.4. The first-order valence-corrected chi connectivity index (χ1v) is 10.4. The number of hydrogen-bond donors (Lipinski definition) is 4. The van der Waals surface area contributed by atoms with E-state index in [9.17, 15) is 15.0 Å². The van der Waals surface area contributed by atoms with E-state index in [-0.39, 0.29) is 17.4 Å². The van der Waals surface area contributed by atoms with Crippen molar-refractivity contribution in [3.8, 4) is 5.75 Å². The van der Waals surface area contributed by atoms with E-state index in [1.165, 1.54) is 28.3 Å². The summed E-state index contributed by atoms with van der Waals surface area (Å²) in [6.07, 6.45) is 3.64. The number of aryl methyl sites for hydroxylation is 2. The Balaban J connectivity index is 1.48. The van der Waals surface area contributed by atoms with Crippen LogP contribution in [0.3, 0.4) is 0 Å². The van der Waals surface area contributed by atoms with Crippen LogP contribution in [0.15, 0.2) is 41.2 Å². The molecule has 0 saturated carbocycles. The second-order valence-corrected chi connectivity index (χ2v) is 7.94. The summed E-state index contributed by atoms with van der Waals surface area (Å²) in [6.45, 7) is 4.40. The third-order valence-corrected chi connectivity index (χ3v) is 6.02. The van der Waals surface area contributed by atoms with Gasteiger partial charge in [-0.1, -0.05) is 32.0 Å². The maximum absolute atomic E-state index is 11.6. The number of aliphatic hydroxyl groups excluding tert-OH is 1. The van der Waals surface area contributed by atoms with Gasteiger partial charge in [0, 0.05) is 23.9 Å². The van der Waals surface area contributed by atoms with E-state index < -0.39 is 6.23 Å². The molecule has 1 atom stereocenters. The molecule has 0 radical (unpaired) electrons. The Morgan fingerprint density at radius 1 is 1.03 bits per heavy atom. The lowest BCUT2D eigenvalue weighted by Gasteiger charge is -2.19. The van der Waals surface area contributed by atoms with Crippen molar-refractivity contribution in [2.75, 3.05) is 0 Å². The SMILES string of the molecule is CCc1cc2c(cc1CC)CC(NC(O)Cc1ccc(O)c3[nH]c(=O)ccc13)C2.